The van der Waals surface area contributed by atoms with E-state index in [-0.39, 0.29) is 0 Å². The Hall–Kier alpha value is -1.60. The van der Waals surface area contributed by atoms with E-state index in [0.717, 1.165) is 13.0 Å². The van der Waals surface area contributed by atoms with Crippen LogP contribution in [-0.2, 0) is 6.42 Å². The largest absolute Gasteiger partial charge is 0.314 e. The molecule has 1 heteroatoms. The zero-order valence-corrected chi connectivity index (χ0v) is 11.2. The van der Waals surface area contributed by atoms with Crippen LogP contribution in [0.4, 0.5) is 0 Å². The number of hydrogen-bond donors (Lipinski definition) is 1. The molecule has 0 aliphatic rings. The molecule has 1 N–H and O–H groups in total. The van der Waals surface area contributed by atoms with Gasteiger partial charge in [-0.25, -0.2) is 0 Å². The highest BCUT2D eigenvalue weighted by atomic mass is 14.9. The Morgan fingerprint density at radius 3 is 2.28 bits per heavy atom. The molecule has 0 amide bonds. The number of rotatable bonds is 5. The van der Waals surface area contributed by atoms with Gasteiger partial charge in [0.15, 0.2) is 0 Å². The molecule has 0 saturated heterocycles. The monoisotopic (exact) mass is 239 g/mol. The van der Waals surface area contributed by atoms with Gasteiger partial charge >= 0.3 is 0 Å². The third-order valence-corrected chi connectivity index (χ3v) is 3.05. The van der Waals surface area contributed by atoms with E-state index in [2.05, 4.69) is 73.8 Å². The van der Waals surface area contributed by atoms with Crippen LogP contribution in [-0.4, -0.2) is 12.6 Å². The van der Waals surface area contributed by atoms with Gasteiger partial charge < -0.3 is 5.32 Å². The van der Waals surface area contributed by atoms with Gasteiger partial charge in [-0.2, -0.15) is 0 Å². The standard InChI is InChI=1S/C17H21N/c1-14(2)18-13-12-16-10-6-7-11-17(16)15-8-4-3-5-9-15/h3-11,14,18H,12-13H2,1-2H3. The van der Waals surface area contributed by atoms with Crippen LogP contribution in [0.2, 0.25) is 0 Å². The molecule has 0 fully saturated rings. The van der Waals surface area contributed by atoms with Crippen molar-refractivity contribution >= 4 is 0 Å². The number of benzene rings is 2. The van der Waals surface area contributed by atoms with Crippen LogP contribution in [0.25, 0.3) is 11.1 Å². The average molecular weight is 239 g/mol. The summed E-state index contributed by atoms with van der Waals surface area (Å²) in [6, 6.07) is 19.8. The molecule has 2 aromatic carbocycles. The second-order valence-electron chi connectivity index (χ2n) is 4.88. The fourth-order valence-electron chi connectivity index (χ4n) is 2.13. The molecule has 18 heavy (non-hydrogen) atoms. The highest BCUT2D eigenvalue weighted by Gasteiger charge is 2.03. The van der Waals surface area contributed by atoms with Crippen LogP contribution in [0.1, 0.15) is 19.4 Å². The molecule has 1 nitrogen and oxygen atoms in total. The first-order valence-corrected chi connectivity index (χ1v) is 6.64. The third kappa shape index (κ3) is 3.44. The van der Waals surface area contributed by atoms with E-state index in [1.165, 1.54) is 16.7 Å². The molecule has 94 valence electrons. The van der Waals surface area contributed by atoms with Gasteiger partial charge in [-0.1, -0.05) is 68.4 Å². The molecular weight excluding hydrogens is 218 g/mol. The topological polar surface area (TPSA) is 12.0 Å². The van der Waals surface area contributed by atoms with Crippen molar-refractivity contribution in [3.8, 4) is 11.1 Å². The molecule has 0 aromatic heterocycles. The van der Waals surface area contributed by atoms with Gasteiger partial charge in [0.1, 0.15) is 0 Å². The lowest BCUT2D eigenvalue weighted by Gasteiger charge is -2.12. The van der Waals surface area contributed by atoms with E-state index >= 15 is 0 Å². The Kier molecular flexibility index (Phi) is 4.54. The Bertz CT molecular complexity index is 474. The van der Waals surface area contributed by atoms with Gasteiger partial charge in [0.2, 0.25) is 0 Å². The predicted octanol–water partition coefficient (Wildman–Crippen LogP) is 3.89. The van der Waals surface area contributed by atoms with E-state index in [4.69, 9.17) is 0 Å². The average Bonchev–Trinajstić information content (AvgIpc) is 2.40. The lowest BCUT2D eigenvalue weighted by Crippen LogP contribution is -2.25. The summed E-state index contributed by atoms with van der Waals surface area (Å²) in [5.41, 5.74) is 4.07. The predicted molar refractivity (Wildman–Crippen MR) is 78.7 cm³/mol. The lowest BCUT2D eigenvalue weighted by molar-refractivity contribution is 0.590. The van der Waals surface area contributed by atoms with Crippen molar-refractivity contribution in [1.29, 1.82) is 0 Å². The van der Waals surface area contributed by atoms with Crippen molar-refractivity contribution in [3.05, 3.63) is 60.2 Å². The summed E-state index contributed by atoms with van der Waals surface area (Å²) in [5.74, 6) is 0. The zero-order valence-electron chi connectivity index (χ0n) is 11.2. The van der Waals surface area contributed by atoms with Gasteiger partial charge in [-0.15, -0.1) is 0 Å². The SMILES string of the molecule is CC(C)NCCc1ccccc1-c1ccccc1. The van der Waals surface area contributed by atoms with Gasteiger partial charge in [-0.3, -0.25) is 0 Å². The Morgan fingerprint density at radius 2 is 1.56 bits per heavy atom. The summed E-state index contributed by atoms with van der Waals surface area (Å²) in [4.78, 5) is 0. The van der Waals surface area contributed by atoms with Crippen molar-refractivity contribution in [2.24, 2.45) is 0 Å². The highest BCUT2D eigenvalue weighted by Crippen LogP contribution is 2.23. The molecule has 0 aliphatic heterocycles. The first kappa shape index (κ1) is 12.8. The molecule has 2 rings (SSSR count). The molecule has 0 bridgehead atoms. The van der Waals surface area contributed by atoms with E-state index in [9.17, 15) is 0 Å². The third-order valence-electron chi connectivity index (χ3n) is 3.05. The Balaban J connectivity index is 2.16. The maximum Gasteiger partial charge on any atom is 0.00105 e. The summed E-state index contributed by atoms with van der Waals surface area (Å²) >= 11 is 0. The summed E-state index contributed by atoms with van der Waals surface area (Å²) in [6.45, 7) is 5.40. The van der Waals surface area contributed by atoms with Crippen molar-refractivity contribution in [1.82, 2.24) is 5.32 Å². The summed E-state index contributed by atoms with van der Waals surface area (Å²) < 4.78 is 0. The van der Waals surface area contributed by atoms with Gasteiger partial charge in [0.05, 0.1) is 0 Å². The minimum absolute atomic E-state index is 0.550. The molecular formula is C17H21N. The van der Waals surface area contributed by atoms with E-state index in [1.54, 1.807) is 0 Å². The van der Waals surface area contributed by atoms with Crippen molar-refractivity contribution < 1.29 is 0 Å². The molecule has 0 saturated carbocycles. The van der Waals surface area contributed by atoms with Crippen LogP contribution in [0.15, 0.2) is 54.6 Å². The molecule has 0 heterocycles. The van der Waals surface area contributed by atoms with Gasteiger partial charge in [0, 0.05) is 6.04 Å². The van der Waals surface area contributed by atoms with Crippen molar-refractivity contribution in [3.63, 3.8) is 0 Å². The van der Waals surface area contributed by atoms with Crippen LogP contribution >= 0.6 is 0 Å². The maximum absolute atomic E-state index is 3.47. The Labute approximate surface area is 110 Å². The zero-order chi connectivity index (χ0) is 12.8. The van der Waals surface area contributed by atoms with Gasteiger partial charge in [-0.05, 0) is 29.7 Å². The minimum Gasteiger partial charge on any atom is -0.314 e. The van der Waals surface area contributed by atoms with Crippen LogP contribution in [0, 0.1) is 0 Å². The summed E-state index contributed by atoms with van der Waals surface area (Å²) in [5, 5.41) is 3.47. The van der Waals surface area contributed by atoms with Crippen LogP contribution < -0.4 is 5.32 Å². The summed E-state index contributed by atoms with van der Waals surface area (Å²) in [6.07, 6.45) is 1.07. The van der Waals surface area contributed by atoms with Crippen molar-refractivity contribution in [2.75, 3.05) is 6.54 Å². The second-order valence-corrected chi connectivity index (χ2v) is 4.88. The molecule has 0 atom stereocenters. The quantitative estimate of drug-likeness (QED) is 0.834. The van der Waals surface area contributed by atoms with E-state index in [0.29, 0.717) is 6.04 Å². The van der Waals surface area contributed by atoms with Crippen molar-refractivity contribution in [2.45, 2.75) is 26.3 Å². The first-order valence-electron chi connectivity index (χ1n) is 6.64. The molecule has 2 aromatic rings. The normalized spacial score (nSPS) is 10.8. The van der Waals surface area contributed by atoms with E-state index in [1.807, 2.05) is 0 Å². The number of hydrogen-bond acceptors (Lipinski definition) is 1. The molecule has 0 unspecified atom stereocenters. The summed E-state index contributed by atoms with van der Waals surface area (Å²) in [7, 11) is 0. The van der Waals surface area contributed by atoms with Gasteiger partial charge in [0.25, 0.3) is 0 Å². The van der Waals surface area contributed by atoms with Crippen LogP contribution in [0.3, 0.4) is 0 Å². The second kappa shape index (κ2) is 6.36. The molecule has 0 radical (unpaired) electrons. The fraction of sp³-hybridized carbons (Fsp3) is 0.294. The van der Waals surface area contributed by atoms with E-state index < -0.39 is 0 Å². The maximum atomic E-state index is 3.47. The highest BCUT2D eigenvalue weighted by molar-refractivity contribution is 5.67. The smallest absolute Gasteiger partial charge is 0.00105 e. The molecule has 0 spiro atoms. The first-order chi connectivity index (χ1) is 8.77. The lowest BCUT2D eigenvalue weighted by atomic mass is 9.98. The molecule has 0 aliphatic carbocycles. The minimum atomic E-state index is 0.550. The Morgan fingerprint density at radius 1 is 0.889 bits per heavy atom. The number of nitrogens with one attached hydrogen (secondary N) is 1. The van der Waals surface area contributed by atoms with Crippen LogP contribution in [0.5, 0.6) is 0 Å². The fourth-order valence-corrected chi connectivity index (χ4v) is 2.13.